The second-order valence-electron chi connectivity index (χ2n) is 6.12. The van der Waals surface area contributed by atoms with Crippen LogP contribution in [0, 0.1) is 0 Å². The van der Waals surface area contributed by atoms with Gasteiger partial charge in [-0.15, -0.1) is 11.3 Å². The maximum absolute atomic E-state index is 13.0. The Labute approximate surface area is 159 Å². The van der Waals surface area contributed by atoms with E-state index >= 15 is 0 Å². The van der Waals surface area contributed by atoms with E-state index in [9.17, 15) is 9.59 Å². The monoisotopic (exact) mass is 421 g/mol. The van der Waals surface area contributed by atoms with Crippen molar-refractivity contribution < 1.29 is 9.59 Å². The molecule has 1 aliphatic carbocycles. The summed E-state index contributed by atoms with van der Waals surface area (Å²) in [4.78, 5) is 31.2. The second kappa shape index (κ2) is 8.58. The number of hydrogen-bond donors (Lipinski definition) is 1. The van der Waals surface area contributed by atoms with Gasteiger partial charge in [0.25, 0.3) is 5.91 Å². The Morgan fingerprint density at radius 3 is 2.56 bits per heavy atom. The highest BCUT2D eigenvalue weighted by molar-refractivity contribution is 9.10. The summed E-state index contributed by atoms with van der Waals surface area (Å²) >= 11 is 4.76. The number of aromatic nitrogens is 1. The van der Waals surface area contributed by atoms with Gasteiger partial charge in [0, 0.05) is 27.7 Å². The van der Waals surface area contributed by atoms with Crippen LogP contribution in [0.1, 0.15) is 42.5 Å². The van der Waals surface area contributed by atoms with Gasteiger partial charge in [-0.25, -0.2) is 4.98 Å². The van der Waals surface area contributed by atoms with E-state index in [0.29, 0.717) is 10.7 Å². The molecule has 1 fully saturated rings. The Morgan fingerprint density at radius 2 is 1.92 bits per heavy atom. The number of benzene rings is 1. The molecule has 0 unspecified atom stereocenters. The number of nitrogens with zero attached hydrogens (tertiary/aromatic N) is 2. The zero-order chi connectivity index (χ0) is 17.6. The minimum absolute atomic E-state index is 0.0547. The number of thiazole rings is 1. The molecule has 1 aliphatic rings. The van der Waals surface area contributed by atoms with Crippen LogP contribution in [-0.4, -0.2) is 34.3 Å². The highest BCUT2D eigenvalue weighted by Crippen LogP contribution is 2.24. The van der Waals surface area contributed by atoms with E-state index in [1.165, 1.54) is 17.8 Å². The van der Waals surface area contributed by atoms with Crippen molar-refractivity contribution in [3.63, 3.8) is 0 Å². The smallest absolute Gasteiger partial charge is 0.254 e. The van der Waals surface area contributed by atoms with Crippen molar-refractivity contribution in [2.24, 2.45) is 0 Å². The summed E-state index contributed by atoms with van der Waals surface area (Å²) in [5.74, 6) is -0.292. The number of amides is 2. The fourth-order valence-corrected chi connectivity index (χ4v) is 3.93. The van der Waals surface area contributed by atoms with Gasteiger partial charge in [0.1, 0.15) is 6.54 Å². The zero-order valence-electron chi connectivity index (χ0n) is 13.8. The maximum Gasteiger partial charge on any atom is 0.254 e. The molecule has 5 nitrogen and oxygen atoms in total. The summed E-state index contributed by atoms with van der Waals surface area (Å²) in [5, 5.41) is 5.14. The molecule has 2 amide bonds. The fourth-order valence-electron chi connectivity index (χ4n) is 3.12. The van der Waals surface area contributed by atoms with Crippen LogP contribution < -0.4 is 5.32 Å². The standard InChI is InChI=1S/C18H20BrN3O2S/c19-14-8-6-13(7-9-14)17(24)22(15-4-2-1-3-5-15)12-16(23)21-18-20-10-11-25-18/h6-11,15H,1-5,12H2,(H,20,21,23). The molecule has 7 heteroatoms. The molecule has 3 rings (SSSR count). The average molecular weight is 422 g/mol. The van der Waals surface area contributed by atoms with Gasteiger partial charge in [-0.05, 0) is 37.1 Å². The molecule has 1 heterocycles. The number of nitrogens with one attached hydrogen (secondary N) is 1. The summed E-state index contributed by atoms with van der Waals surface area (Å²) in [6.07, 6.45) is 6.94. The first-order valence-corrected chi connectivity index (χ1v) is 10.1. The largest absolute Gasteiger partial charge is 0.326 e. The second-order valence-corrected chi connectivity index (χ2v) is 7.93. The molecule has 0 spiro atoms. The molecule has 1 saturated carbocycles. The van der Waals surface area contributed by atoms with Crippen LogP contribution in [0.2, 0.25) is 0 Å². The van der Waals surface area contributed by atoms with E-state index in [1.54, 1.807) is 23.2 Å². The lowest BCUT2D eigenvalue weighted by Crippen LogP contribution is -2.45. The third-order valence-corrected chi connectivity index (χ3v) is 5.58. The lowest BCUT2D eigenvalue weighted by Gasteiger charge is -2.34. The number of halogens is 1. The Hall–Kier alpha value is -1.73. The number of carbonyl (C=O) groups is 2. The van der Waals surface area contributed by atoms with Gasteiger partial charge in [0.15, 0.2) is 5.13 Å². The molecule has 25 heavy (non-hydrogen) atoms. The van der Waals surface area contributed by atoms with Gasteiger partial charge in [0.05, 0.1) is 0 Å². The van der Waals surface area contributed by atoms with Crippen molar-refractivity contribution in [2.75, 3.05) is 11.9 Å². The molecular weight excluding hydrogens is 402 g/mol. The number of anilines is 1. The first-order valence-electron chi connectivity index (χ1n) is 8.39. The lowest BCUT2D eigenvalue weighted by atomic mass is 9.93. The van der Waals surface area contributed by atoms with E-state index in [4.69, 9.17) is 0 Å². The van der Waals surface area contributed by atoms with Crippen molar-refractivity contribution in [1.82, 2.24) is 9.88 Å². The van der Waals surface area contributed by atoms with E-state index < -0.39 is 0 Å². The number of hydrogen-bond acceptors (Lipinski definition) is 4. The van der Waals surface area contributed by atoms with E-state index in [0.717, 1.165) is 30.2 Å². The molecular formula is C18H20BrN3O2S. The minimum Gasteiger partial charge on any atom is -0.326 e. The molecule has 2 aromatic rings. The van der Waals surface area contributed by atoms with Crippen LogP contribution in [-0.2, 0) is 4.79 Å². The molecule has 0 saturated heterocycles. The lowest BCUT2D eigenvalue weighted by molar-refractivity contribution is -0.117. The summed E-state index contributed by atoms with van der Waals surface area (Å²) in [6, 6.07) is 7.40. The summed E-state index contributed by atoms with van der Waals surface area (Å²) in [5.41, 5.74) is 0.607. The Kier molecular flexibility index (Phi) is 6.20. The molecule has 0 bridgehead atoms. The molecule has 1 aromatic heterocycles. The third-order valence-electron chi connectivity index (χ3n) is 4.36. The first kappa shape index (κ1) is 18.1. The summed E-state index contributed by atoms with van der Waals surface area (Å²) in [6.45, 7) is 0.0547. The molecule has 0 aliphatic heterocycles. The van der Waals surface area contributed by atoms with E-state index in [1.807, 2.05) is 17.5 Å². The predicted molar refractivity (Wildman–Crippen MR) is 103 cm³/mol. The van der Waals surface area contributed by atoms with Crippen molar-refractivity contribution in [3.8, 4) is 0 Å². The Bertz CT molecular complexity index is 712. The van der Waals surface area contributed by atoms with Gasteiger partial charge in [-0.3, -0.25) is 9.59 Å². The molecule has 1 aromatic carbocycles. The van der Waals surface area contributed by atoms with E-state index in [-0.39, 0.29) is 24.4 Å². The topological polar surface area (TPSA) is 62.3 Å². The van der Waals surface area contributed by atoms with E-state index in [2.05, 4.69) is 26.2 Å². The normalized spacial score (nSPS) is 14.9. The van der Waals surface area contributed by atoms with Gasteiger partial charge < -0.3 is 10.2 Å². The van der Waals surface area contributed by atoms with Crippen LogP contribution in [0.15, 0.2) is 40.3 Å². The van der Waals surface area contributed by atoms with Crippen molar-refractivity contribution in [2.45, 2.75) is 38.1 Å². The highest BCUT2D eigenvalue weighted by atomic mass is 79.9. The maximum atomic E-state index is 13.0. The summed E-state index contributed by atoms with van der Waals surface area (Å²) in [7, 11) is 0. The Morgan fingerprint density at radius 1 is 1.20 bits per heavy atom. The molecule has 0 radical (unpaired) electrons. The average Bonchev–Trinajstić information content (AvgIpc) is 3.13. The fraction of sp³-hybridized carbons (Fsp3) is 0.389. The Balaban J connectivity index is 1.75. The van der Waals surface area contributed by atoms with Crippen LogP contribution in [0.3, 0.4) is 0 Å². The van der Waals surface area contributed by atoms with Crippen LogP contribution in [0.4, 0.5) is 5.13 Å². The predicted octanol–water partition coefficient (Wildman–Crippen LogP) is 4.32. The minimum atomic E-state index is -0.203. The highest BCUT2D eigenvalue weighted by Gasteiger charge is 2.28. The van der Waals surface area contributed by atoms with Crippen LogP contribution in [0.5, 0.6) is 0 Å². The van der Waals surface area contributed by atoms with Crippen molar-refractivity contribution in [1.29, 1.82) is 0 Å². The van der Waals surface area contributed by atoms with Crippen molar-refractivity contribution in [3.05, 3.63) is 45.9 Å². The van der Waals surface area contributed by atoms with Crippen LogP contribution in [0.25, 0.3) is 0 Å². The molecule has 0 atom stereocenters. The summed E-state index contributed by atoms with van der Waals surface area (Å²) < 4.78 is 0.926. The first-order chi connectivity index (χ1) is 12.1. The van der Waals surface area contributed by atoms with Gasteiger partial charge in [-0.1, -0.05) is 35.2 Å². The molecule has 132 valence electrons. The SMILES string of the molecule is O=C(CN(C(=O)c1ccc(Br)cc1)C1CCCCC1)Nc1nccs1. The molecule has 1 N–H and O–H groups in total. The van der Waals surface area contributed by atoms with Crippen molar-refractivity contribution >= 4 is 44.2 Å². The number of rotatable bonds is 5. The third kappa shape index (κ3) is 4.89. The van der Waals surface area contributed by atoms with Crippen LogP contribution >= 0.6 is 27.3 Å². The van der Waals surface area contributed by atoms with Gasteiger partial charge in [0.2, 0.25) is 5.91 Å². The number of carbonyl (C=O) groups excluding carboxylic acids is 2. The van der Waals surface area contributed by atoms with Gasteiger partial charge >= 0.3 is 0 Å². The quantitative estimate of drug-likeness (QED) is 0.781. The zero-order valence-corrected chi connectivity index (χ0v) is 16.2. The van der Waals surface area contributed by atoms with Gasteiger partial charge in [-0.2, -0.15) is 0 Å².